The minimum Gasteiger partial charge on any atom is -0.469 e. The number of nitrogens with zero attached hydrogens (tertiary/aromatic N) is 1. The molecule has 4 nitrogen and oxygen atoms in total. The normalized spacial score (nSPS) is 11.4. The molecule has 1 atom stereocenters. The van der Waals surface area contributed by atoms with Gasteiger partial charge in [0.25, 0.3) is 0 Å². The van der Waals surface area contributed by atoms with Crippen LogP contribution in [0.2, 0.25) is 0 Å². The SMILES string of the molecule is COC(=O)C(C)CCC(=C=O)N(C)C. The van der Waals surface area contributed by atoms with Crippen LogP contribution in [0.5, 0.6) is 0 Å². The number of carbonyl (C=O) groups excluding carboxylic acids is 2. The van der Waals surface area contributed by atoms with Crippen molar-refractivity contribution in [1.29, 1.82) is 0 Å². The van der Waals surface area contributed by atoms with Gasteiger partial charge in [0.15, 0.2) is 0 Å². The molecule has 0 fully saturated rings. The summed E-state index contributed by atoms with van der Waals surface area (Å²) in [5.41, 5.74) is 0.570. The van der Waals surface area contributed by atoms with E-state index in [4.69, 9.17) is 0 Å². The van der Waals surface area contributed by atoms with Crippen LogP contribution in [-0.2, 0) is 14.3 Å². The van der Waals surface area contributed by atoms with Gasteiger partial charge in [0.2, 0.25) is 0 Å². The second-order valence-electron chi connectivity index (χ2n) is 3.41. The number of ether oxygens (including phenoxy) is 1. The predicted octanol–water partition coefficient (Wildman–Crippen LogP) is 0.853. The number of esters is 1. The van der Waals surface area contributed by atoms with Crippen molar-refractivity contribution in [3.05, 3.63) is 5.70 Å². The van der Waals surface area contributed by atoms with Crippen molar-refractivity contribution in [2.75, 3.05) is 21.2 Å². The van der Waals surface area contributed by atoms with Crippen molar-refractivity contribution < 1.29 is 14.3 Å². The zero-order chi connectivity index (χ0) is 11.1. The standard InChI is InChI=1S/C10H17NO3/c1-8(10(13)14-4)5-6-9(7-12)11(2)3/h8H,5-6H2,1-4H3. The van der Waals surface area contributed by atoms with E-state index in [0.29, 0.717) is 18.5 Å². The number of carbonyl (C=O) groups is 1. The van der Waals surface area contributed by atoms with Gasteiger partial charge in [-0.15, -0.1) is 0 Å². The molecule has 0 aliphatic heterocycles. The molecule has 14 heavy (non-hydrogen) atoms. The van der Waals surface area contributed by atoms with Crippen molar-refractivity contribution in [1.82, 2.24) is 4.90 Å². The number of rotatable bonds is 5. The zero-order valence-electron chi connectivity index (χ0n) is 9.16. The molecule has 0 heterocycles. The highest BCUT2D eigenvalue weighted by molar-refractivity contribution is 5.71. The van der Waals surface area contributed by atoms with Crippen LogP contribution < -0.4 is 0 Å². The first-order valence-electron chi connectivity index (χ1n) is 4.52. The fourth-order valence-electron chi connectivity index (χ4n) is 1.04. The lowest BCUT2D eigenvalue weighted by atomic mass is 10.0. The van der Waals surface area contributed by atoms with Crippen LogP contribution in [0.4, 0.5) is 0 Å². The third-order valence-electron chi connectivity index (χ3n) is 2.08. The first kappa shape index (κ1) is 12.7. The predicted molar refractivity (Wildman–Crippen MR) is 53.3 cm³/mol. The molecule has 0 aromatic heterocycles. The monoisotopic (exact) mass is 199 g/mol. The molecule has 0 aromatic rings. The summed E-state index contributed by atoms with van der Waals surface area (Å²) in [6.45, 7) is 1.78. The quantitative estimate of drug-likeness (QED) is 0.486. The Morgan fingerprint density at radius 1 is 1.50 bits per heavy atom. The van der Waals surface area contributed by atoms with E-state index in [0.717, 1.165) is 0 Å². The lowest BCUT2D eigenvalue weighted by Crippen LogP contribution is -2.16. The summed E-state index contributed by atoms with van der Waals surface area (Å²) in [5, 5.41) is 0. The van der Waals surface area contributed by atoms with Gasteiger partial charge in [0.1, 0.15) is 5.94 Å². The first-order valence-corrected chi connectivity index (χ1v) is 4.52. The highest BCUT2D eigenvalue weighted by Gasteiger charge is 2.14. The third kappa shape index (κ3) is 4.10. The maximum Gasteiger partial charge on any atom is 0.308 e. The highest BCUT2D eigenvalue weighted by atomic mass is 16.5. The Morgan fingerprint density at radius 2 is 2.07 bits per heavy atom. The fourth-order valence-corrected chi connectivity index (χ4v) is 1.04. The molecule has 0 amide bonds. The largest absolute Gasteiger partial charge is 0.469 e. The van der Waals surface area contributed by atoms with Crippen molar-refractivity contribution in [3.63, 3.8) is 0 Å². The van der Waals surface area contributed by atoms with E-state index in [1.165, 1.54) is 7.11 Å². The molecular weight excluding hydrogens is 182 g/mol. The molecule has 0 saturated heterocycles. The fraction of sp³-hybridized carbons (Fsp3) is 0.700. The molecule has 0 N–H and O–H groups in total. The zero-order valence-corrected chi connectivity index (χ0v) is 9.16. The van der Waals surface area contributed by atoms with Crippen LogP contribution in [0, 0.1) is 5.92 Å². The van der Waals surface area contributed by atoms with E-state index in [-0.39, 0.29) is 11.9 Å². The smallest absolute Gasteiger partial charge is 0.308 e. The van der Waals surface area contributed by atoms with Crippen molar-refractivity contribution in [2.24, 2.45) is 5.92 Å². The summed E-state index contributed by atoms with van der Waals surface area (Å²) in [4.78, 5) is 23.2. The summed E-state index contributed by atoms with van der Waals surface area (Å²) in [6, 6.07) is 0. The topological polar surface area (TPSA) is 46.6 Å². The average molecular weight is 199 g/mol. The first-order chi connectivity index (χ1) is 6.52. The molecular formula is C10H17NO3. The molecule has 4 heteroatoms. The molecule has 80 valence electrons. The van der Waals surface area contributed by atoms with Gasteiger partial charge in [0, 0.05) is 14.1 Å². The average Bonchev–Trinajstić information content (AvgIpc) is 2.16. The van der Waals surface area contributed by atoms with Gasteiger partial charge in [-0.2, -0.15) is 0 Å². The Balaban J connectivity index is 4.05. The van der Waals surface area contributed by atoms with Gasteiger partial charge < -0.3 is 9.64 Å². The Labute approximate surface area is 84.5 Å². The minimum absolute atomic E-state index is 0.178. The lowest BCUT2D eigenvalue weighted by Gasteiger charge is -2.14. The van der Waals surface area contributed by atoms with Crippen LogP contribution in [0.1, 0.15) is 19.8 Å². The van der Waals surface area contributed by atoms with Crippen molar-refractivity contribution >= 4 is 11.9 Å². The van der Waals surface area contributed by atoms with Gasteiger partial charge in [-0.25, -0.2) is 4.79 Å². The molecule has 0 aliphatic carbocycles. The van der Waals surface area contributed by atoms with Crippen LogP contribution in [0.3, 0.4) is 0 Å². The molecule has 0 spiro atoms. The Morgan fingerprint density at radius 3 is 2.43 bits per heavy atom. The summed E-state index contributed by atoms with van der Waals surface area (Å²) in [7, 11) is 4.92. The molecule has 1 unspecified atom stereocenters. The summed E-state index contributed by atoms with van der Waals surface area (Å²) >= 11 is 0. The number of allylic oxidation sites excluding steroid dienone is 1. The van der Waals surface area contributed by atoms with E-state index in [9.17, 15) is 9.59 Å². The number of hydrogen-bond donors (Lipinski definition) is 0. The van der Waals surface area contributed by atoms with Crippen LogP contribution in [0.25, 0.3) is 0 Å². The Kier molecular flexibility index (Phi) is 5.65. The van der Waals surface area contributed by atoms with Gasteiger partial charge in [-0.05, 0) is 12.8 Å². The van der Waals surface area contributed by atoms with E-state index in [1.807, 2.05) is 5.94 Å². The van der Waals surface area contributed by atoms with E-state index < -0.39 is 0 Å². The van der Waals surface area contributed by atoms with Crippen LogP contribution >= 0.6 is 0 Å². The second kappa shape index (κ2) is 6.22. The lowest BCUT2D eigenvalue weighted by molar-refractivity contribution is -0.145. The molecule has 0 rings (SSSR count). The molecule has 0 radical (unpaired) electrons. The van der Waals surface area contributed by atoms with Crippen LogP contribution in [-0.4, -0.2) is 38.0 Å². The maximum absolute atomic E-state index is 11.0. The van der Waals surface area contributed by atoms with Crippen molar-refractivity contribution in [3.8, 4) is 0 Å². The van der Waals surface area contributed by atoms with Gasteiger partial charge in [0.05, 0.1) is 18.7 Å². The molecule has 0 bridgehead atoms. The third-order valence-corrected chi connectivity index (χ3v) is 2.08. The maximum atomic E-state index is 11.0. The second-order valence-corrected chi connectivity index (χ2v) is 3.41. The van der Waals surface area contributed by atoms with E-state index >= 15 is 0 Å². The van der Waals surface area contributed by atoms with Gasteiger partial charge in [-0.3, -0.25) is 4.79 Å². The van der Waals surface area contributed by atoms with Crippen molar-refractivity contribution in [2.45, 2.75) is 19.8 Å². The number of methoxy groups -OCH3 is 1. The molecule has 0 saturated carbocycles. The van der Waals surface area contributed by atoms with E-state index in [1.54, 1.807) is 25.9 Å². The molecule has 0 aliphatic rings. The number of hydrogen-bond acceptors (Lipinski definition) is 4. The minimum atomic E-state index is -0.242. The summed E-state index contributed by atoms with van der Waals surface area (Å²) in [5.74, 6) is 1.44. The highest BCUT2D eigenvalue weighted by Crippen LogP contribution is 2.12. The Hall–Kier alpha value is -1.28. The Bertz CT molecular complexity index is 242. The molecule has 0 aromatic carbocycles. The summed E-state index contributed by atoms with van der Waals surface area (Å²) < 4.78 is 4.58. The van der Waals surface area contributed by atoms with Gasteiger partial charge in [-0.1, -0.05) is 6.92 Å². The van der Waals surface area contributed by atoms with Gasteiger partial charge >= 0.3 is 5.97 Å². The van der Waals surface area contributed by atoms with Crippen LogP contribution in [0.15, 0.2) is 5.70 Å². The summed E-state index contributed by atoms with van der Waals surface area (Å²) in [6.07, 6.45) is 1.15. The van der Waals surface area contributed by atoms with E-state index in [2.05, 4.69) is 4.74 Å².